The van der Waals surface area contributed by atoms with Crippen LogP contribution >= 0.6 is 0 Å². The van der Waals surface area contributed by atoms with Crippen LogP contribution in [0.4, 0.5) is 22.0 Å². The van der Waals surface area contributed by atoms with Gasteiger partial charge in [-0.15, -0.1) is 0 Å². The Labute approximate surface area is 248 Å². The molecule has 3 saturated carbocycles. The van der Waals surface area contributed by atoms with Gasteiger partial charge in [0, 0.05) is 11.8 Å². The molecule has 8 heteroatoms. The summed E-state index contributed by atoms with van der Waals surface area (Å²) in [6.07, 6.45) is 10.1. The van der Waals surface area contributed by atoms with Crippen molar-refractivity contribution in [3.05, 3.63) is 35.1 Å². The molecule has 0 atom stereocenters. The quantitative estimate of drug-likeness (QED) is 0.152. The van der Waals surface area contributed by atoms with E-state index in [0.29, 0.717) is 68.8 Å². The highest BCUT2D eigenvalue weighted by atomic mass is 19.3. The third-order valence-corrected chi connectivity index (χ3v) is 10.8. The van der Waals surface area contributed by atoms with Crippen molar-refractivity contribution in [3.8, 4) is 0 Å². The molecule has 0 aromatic heterocycles. The van der Waals surface area contributed by atoms with Gasteiger partial charge < -0.3 is 14.2 Å². The molecule has 4 fully saturated rings. The Morgan fingerprint density at radius 2 is 1.33 bits per heavy atom. The molecule has 0 amide bonds. The molecule has 42 heavy (non-hydrogen) atoms. The summed E-state index contributed by atoms with van der Waals surface area (Å²) in [6.45, 7) is 3.69. The normalized spacial score (nSPS) is 34.8. The van der Waals surface area contributed by atoms with Gasteiger partial charge in [-0.25, -0.2) is 13.2 Å². The Bertz CT molecular complexity index is 950. The van der Waals surface area contributed by atoms with E-state index < -0.39 is 35.6 Å². The predicted molar refractivity (Wildman–Crippen MR) is 152 cm³/mol. The number of halogens is 5. The van der Waals surface area contributed by atoms with Gasteiger partial charge in [0.15, 0.2) is 23.7 Å². The molecule has 1 saturated heterocycles. The zero-order valence-corrected chi connectivity index (χ0v) is 25.1. The van der Waals surface area contributed by atoms with Crippen molar-refractivity contribution in [1.82, 2.24) is 0 Å². The van der Waals surface area contributed by atoms with Crippen LogP contribution in [0.15, 0.2) is 12.1 Å². The van der Waals surface area contributed by atoms with Crippen molar-refractivity contribution < 1.29 is 36.2 Å². The summed E-state index contributed by atoms with van der Waals surface area (Å²) in [5.74, 6) is -2.81. The molecule has 1 aromatic carbocycles. The summed E-state index contributed by atoms with van der Waals surface area (Å²) in [4.78, 5) is 0. The van der Waals surface area contributed by atoms with Gasteiger partial charge in [0.25, 0.3) is 0 Å². The largest absolute Gasteiger partial charge is 0.358 e. The Kier molecular flexibility index (Phi) is 11.2. The van der Waals surface area contributed by atoms with Crippen LogP contribution in [0, 0.1) is 47.0 Å². The van der Waals surface area contributed by atoms with Crippen molar-refractivity contribution in [2.45, 2.75) is 134 Å². The fourth-order valence-electron chi connectivity index (χ4n) is 8.08. The molecule has 5 rings (SSSR count). The summed E-state index contributed by atoms with van der Waals surface area (Å²) in [6, 6.07) is 2.02. The number of alkyl halides is 2. The number of ether oxygens (including phenoxy) is 3. The third kappa shape index (κ3) is 8.06. The number of benzene rings is 1. The van der Waals surface area contributed by atoms with E-state index in [2.05, 4.69) is 6.92 Å². The molecule has 0 spiro atoms. The first-order valence-corrected chi connectivity index (χ1v) is 16.7. The number of hydrogen-bond acceptors (Lipinski definition) is 3. The van der Waals surface area contributed by atoms with Crippen molar-refractivity contribution in [1.29, 1.82) is 0 Å². The van der Waals surface area contributed by atoms with Crippen LogP contribution in [-0.4, -0.2) is 31.7 Å². The van der Waals surface area contributed by atoms with Gasteiger partial charge in [-0.3, -0.25) is 0 Å². The van der Waals surface area contributed by atoms with Gasteiger partial charge in [-0.2, -0.15) is 8.78 Å². The second-order valence-corrected chi connectivity index (χ2v) is 13.6. The summed E-state index contributed by atoms with van der Waals surface area (Å²) < 4.78 is 88.7. The Hall–Kier alpha value is -1.25. The van der Waals surface area contributed by atoms with E-state index in [-0.39, 0.29) is 18.1 Å². The summed E-state index contributed by atoms with van der Waals surface area (Å²) in [5, 5.41) is 0. The highest BCUT2D eigenvalue weighted by molar-refractivity contribution is 5.23. The minimum Gasteiger partial charge on any atom is -0.352 e. The van der Waals surface area contributed by atoms with Gasteiger partial charge in [-0.05, 0) is 99.7 Å². The van der Waals surface area contributed by atoms with Gasteiger partial charge in [0.05, 0.1) is 25.2 Å². The van der Waals surface area contributed by atoms with E-state index in [4.69, 9.17) is 14.2 Å². The molecule has 1 aliphatic heterocycles. The van der Waals surface area contributed by atoms with E-state index in [0.717, 1.165) is 31.3 Å². The molecular weight excluding hydrogens is 551 g/mol. The zero-order chi connectivity index (χ0) is 29.7. The molecule has 3 aliphatic carbocycles. The summed E-state index contributed by atoms with van der Waals surface area (Å²) in [7, 11) is 0. The average molecular weight is 601 g/mol. The van der Waals surface area contributed by atoms with E-state index in [1.54, 1.807) is 0 Å². The molecule has 3 nitrogen and oxygen atoms in total. The first kappa shape index (κ1) is 32.2. The molecule has 0 N–H and O–H groups in total. The molecule has 4 aliphatic rings. The van der Waals surface area contributed by atoms with Crippen LogP contribution in [0.1, 0.15) is 121 Å². The molecule has 0 radical (unpaired) electrons. The lowest BCUT2D eigenvalue weighted by molar-refractivity contribution is -0.305. The first-order valence-electron chi connectivity index (χ1n) is 16.7. The Morgan fingerprint density at radius 1 is 0.738 bits per heavy atom. The third-order valence-electron chi connectivity index (χ3n) is 10.8. The van der Waals surface area contributed by atoms with Crippen molar-refractivity contribution >= 4 is 0 Å². The van der Waals surface area contributed by atoms with Crippen molar-refractivity contribution in [2.24, 2.45) is 29.6 Å². The van der Waals surface area contributed by atoms with Gasteiger partial charge in [0.2, 0.25) is 0 Å². The maximum Gasteiger partial charge on any atom is 0.358 e. The standard InChI is InChI=1S/C34H49F5O3/c1-2-3-4-5-22-6-8-24(9-7-22)27-20-40-33(41-21-27)25-10-14-28(15-11-25)34(38,39)42-29-16-12-23(13-17-29)26-18-30(35)32(37)31(36)19-26/h18-19,22-25,27-29,33H,2-17,20-21H2,1H3. The van der Waals surface area contributed by atoms with Crippen LogP contribution in [0.25, 0.3) is 0 Å². The van der Waals surface area contributed by atoms with E-state index in [1.165, 1.54) is 51.4 Å². The average Bonchev–Trinajstić information content (AvgIpc) is 3.00. The van der Waals surface area contributed by atoms with Crippen LogP contribution < -0.4 is 0 Å². The molecule has 1 aromatic rings. The summed E-state index contributed by atoms with van der Waals surface area (Å²) in [5.41, 5.74) is 0.374. The fraction of sp³-hybridized carbons (Fsp3) is 0.824. The Balaban J connectivity index is 1.00. The molecule has 238 valence electrons. The molecular formula is C34H49F5O3. The number of unbranched alkanes of at least 4 members (excludes halogenated alkanes) is 2. The maximum absolute atomic E-state index is 15.2. The number of rotatable bonds is 10. The van der Waals surface area contributed by atoms with E-state index in [1.807, 2.05) is 0 Å². The predicted octanol–water partition coefficient (Wildman–Crippen LogP) is 9.92. The van der Waals surface area contributed by atoms with E-state index >= 15 is 8.78 Å². The zero-order valence-electron chi connectivity index (χ0n) is 25.1. The molecule has 1 heterocycles. The minimum absolute atomic E-state index is 0.138. The van der Waals surface area contributed by atoms with Crippen LogP contribution in [0.5, 0.6) is 0 Å². The minimum atomic E-state index is -3.22. The lowest BCUT2D eigenvalue weighted by Gasteiger charge is -2.42. The van der Waals surface area contributed by atoms with Crippen LogP contribution in [0.3, 0.4) is 0 Å². The van der Waals surface area contributed by atoms with Gasteiger partial charge >= 0.3 is 6.11 Å². The number of hydrogen-bond donors (Lipinski definition) is 0. The monoisotopic (exact) mass is 600 g/mol. The smallest absolute Gasteiger partial charge is 0.352 e. The van der Waals surface area contributed by atoms with Gasteiger partial charge in [0.1, 0.15) is 0 Å². The first-order chi connectivity index (χ1) is 20.2. The van der Waals surface area contributed by atoms with Crippen LogP contribution in [-0.2, 0) is 14.2 Å². The van der Waals surface area contributed by atoms with Crippen molar-refractivity contribution in [2.75, 3.05) is 13.2 Å². The van der Waals surface area contributed by atoms with Gasteiger partial charge in [-0.1, -0.05) is 45.4 Å². The lowest BCUT2D eigenvalue weighted by Crippen LogP contribution is -2.43. The summed E-state index contributed by atoms with van der Waals surface area (Å²) >= 11 is 0. The van der Waals surface area contributed by atoms with Crippen LogP contribution in [0.2, 0.25) is 0 Å². The highest BCUT2D eigenvalue weighted by Crippen LogP contribution is 2.45. The molecule has 0 unspecified atom stereocenters. The van der Waals surface area contributed by atoms with Crippen molar-refractivity contribution in [3.63, 3.8) is 0 Å². The fourth-order valence-corrected chi connectivity index (χ4v) is 8.08. The molecule has 0 bridgehead atoms. The highest BCUT2D eigenvalue weighted by Gasteiger charge is 2.46. The lowest BCUT2D eigenvalue weighted by atomic mass is 9.74. The topological polar surface area (TPSA) is 27.7 Å². The maximum atomic E-state index is 15.2. The van der Waals surface area contributed by atoms with E-state index in [9.17, 15) is 13.2 Å². The Morgan fingerprint density at radius 3 is 1.93 bits per heavy atom. The second-order valence-electron chi connectivity index (χ2n) is 13.6. The SMILES string of the molecule is CCCCCC1CCC(C2COC(C3CCC(C(F)(F)OC4CCC(c5cc(F)c(F)c(F)c5)CC4)CC3)OC2)CC1. The second kappa shape index (κ2) is 14.7.